The normalized spacial score (nSPS) is 17.2. The van der Waals surface area contributed by atoms with Gasteiger partial charge in [0.1, 0.15) is 5.82 Å². The van der Waals surface area contributed by atoms with Crippen molar-refractivity contribution in [3.8, 4) is 0 Å². The average Bonchev–Trinajstić information content (AvgIpc) is 2.93. The van der Waals surface area contributed by atoms with E-state index < -0.39 is 0 Å². The minimum absolute atomic E-state index is 0.0680. The lowest BCUT2D eigenvalue weighted by Crippen LogP contribution is -2.37. The summed E-state index contributed by atoms with van der Waals surface area (Å²) in [6.07, 6.45) is 1.78. The van der Waals surface area contributed by atoms with Crippen LogP contribution in [0, 0.1) is 12.7 Å². The smallest absolute Gasteiger partial charge is 0.227 e. The summed E-state index contributed by atoms with van der Waals surface area (Å²) in [5.41, 5.74) is 4.04. The maximum absolute atomic E-state index is 13.1. The van der Waals surface area contributed by atoms with E-state index in [4.69, 9.17) is 14.7 Å². The van der Waals surface area contributed by atoms with Gasteiger partial charge >= 0.3 is 0 Å². The molecule has 2 aliphatic heterocycles. The SMILES string of the molecule is Cc1nc(N2CCOCC2)nc2c1CCN(C(=O)Cc1ccc(F)cc1)CC2. The van der Waals surface area contributed by atoms with Crippen molar-refractivity contribution in [2.45, 2.75) is 26.2 Å². The van der Waals surface area contributed by atoms with Crippen molar-refractivity contribution in [3.63, 3.8) is 0 Å². The molecule has 2 aromatic rings. The number of hydrogen-bond donors (Lipinski definition) is 0. The van der Waals surface area contributed by atoms with Crippen LogP contribution in [-0.2, 0) is 28.8 Å². The van der Waals surface area contributed by atoms with E-state index in [1.54, 1.807) is 12.1 Å². The van der Waals surface area contributed by atoms with Gasteiger partial charge in [-0.2, -0.15) is 0 Å². The molecule has 0 atom stereocenters. The number of fused-ring (bicyclic) bond motifs is 1. The van der Waals surface area contributed by atoms with Gasteiger partial charge in [-0.15, -0.1) is 0 Å². The Balaban J connectivity index is 1.46. The molecule has 1 aromatic carbocycles. The second-order valence-electron chi connectivity index (χ2n) is 7.32. The molecule has 0 aliphatic carbocycles. The zero-order valence-corrected chi connectivity index (χ0v) is 16.2. The van der Waals surface area contributed by atoms with Crippen LogP contribution in [0.1, 0.15) is 22.5 Å². The van der Waals surface area contributed by atoms with Gasteiger partial charge < -0.3 is 14.5 Å². The molecule has 0 unspecified atom stereocenters. The molecule has 0 radical (unpaired) electrons. The molecule has 2 aliphatic rings. The molecular weight excluding hydrogens is 359 g/mol. The minimum atomic E-state index is -0.286. The van der Waals surface area contributed by atoms with Crippen LogP contribution >= 0.6 is 0 Å². The number of morpholine rings is 1. The number of benzene rings is 1. The second-order valence-corrected chi connectivity index (χ2v) is 7.32. The quantitative estimate of drug-likeness (QED) is 0.809. The van der Waals surface area contributed by atoms with Gasteiger partial charge in [0.25, 0.3) is 0 Å². The van der Waals surface area contributed by atoms with Gasteiger partial charge in [-0.3, -0.25) is 4.79 Å². The first-order valence-corrected chi connectivity index (χ1v) is 9.81. The van der Waals surface area contributed by atoms with Crippen molar-refractivity contribution >= 4 is 11.9 Å². The maximum Gasteiger partial charge on any atom is 0.227 e. The standard InChI is InChI=1S/C21H25FN4O2/c1-15-18-6-8-25(20(27)14-16-2-4-17(22)5-3-16)9-7-19(18)24-21(23-15)26-10-12-28-13-11-26/h2-5H,6-14H2,1H3. The number of aryl methyl sites for hydroxylation is 1. The number of halogens is 1. The molecule has 0 bridgehead atoms. The van der Waals surface area contributed by atoms with Crippen LogP contribution in [0.2, 0.25) is 0 Å². The van der Waals surface area contributed by atoms with Crippen molar-refractivity contribution in [1.29, 1.82) is 0 Å². The minimum Gasteiger partial charge on any atom is -0.378 e. The molecule has 1 saturated heterocycles. The van der Waals surface area contributed by atoms with E-state index >= 15 is 0 Å². The summed E-state index contributed by atoms with van der Waals surface area (Å²) in [4.78, 5) is 26.3. The number of ether oxygens (including phenoxy) is 1. The third kappa shape index (κ3) is 4.14. The van der Waals surface area contributed by atoms with Crippen LogP contribution in [0.3, 0.4) is 0 Å². The van der Waals surface area contributed by atoms with Gasteiger partial charge in [-0.1, -0.05) is 12.1 Å². The highest BCUT2D eigenvalue weighted by Crippen LogP contribution is 2.21. The van der Waals surface area contributed by atoms with Gasteiger partial charge in [-0.05, 0) is 36.6 Å². The molecule has 148 valence electrons. The number of rotatable bonds is 3. The highest BCUT2D eigenvalue weighted by atomic mass is 19.1. The summed E-state index contributed by atoms with van der Waals surface area (Å²) in [7, 11) is 0. The summed E-state index contributed by atoms with van der Waals surface area (Å²) in [6.45, 7) is 6.35. The van der Waals surface area contributed by atoms with E-state index in [1.165, 1.54) is 12.1 Å². The fourth-order valence-electron chi connectivity index (χ4n) is 3.81. The fourth-order valence-corrected chi connectivity index (χ4v) is 3.81. The Morgan fingerprint density at radius 1 is 1.07 bits per heavy atom. The van der Waals surface area contributed by atoms with Crippen LogP contribution in [0.4, 0.5) is 10.3 Å². The monoisotopic (exact) mass is 384 g/mol. The topological polar surface area (TPSA) is 58.6 Å². The lowest BCUT2D eigenvalue weighted by molar-refractivity contribution is -0.130. The molecule has 7 heteroatoms. The van der Waals surface area contributed by atoms with Crippen molar-refractivity contribution in [2.75, 3.05) is 44.3 Å². The van der Waals surface area contributed by atoms with Gasteiger partial charge in [-0.25, -0.2) is 14.4 Å². The Morgan fingerprint density at radius 3 is 2.54 bits per heavy atom. The van der Waals surface area contributed by atoms with Crippen molar-refractivity contribution in [1.82, 2.24) is 14.9 Å². The van der Waals surface area contributed by atoms with Gasteiger partial charge in [0.05, 0.1) is 25.3 Å². The lowest BCUT2D eigenvalue weighted by Gasteiger charge is -2.27. The van der Waals surface area contributed by atoms with Crippen LogP contribution in [0.5, 0.6) is 0 Å². The third-order valence-electron chi connectivity index (χ3n) is 5.45. The zero-order chi connectivity index (χ0) is 19.5. The molecular formula is C21H25FN4O2. The summed E-state index contributed by atoms with van der Waals surface area (Å²) in [6, 6.07) is 6.13. The summed E-state index contributed by atoms with van der Waals surface area (Å²) < 4.78 is 18.5. The molecule has 1 fully saturated rings. The van der Waals surface area contributed by atoms with Gasteiger partial charge in [0.15, 0.2) is 0 Å². The van der Waals surface area contributed by atoms with Crippen LogP contribution in [0.25, 0.3) is 0 Å². The van der Waals surface area contributed by atoms with E-state index in [1.807, 2.05) is 11.8 Å². The molecule has 28 heavy (non-hydrogen) atoms. The van der Waals surface area contributed by atoms with Crippen LogP contribution in [-0.4, -0.2) is 60.2 Å². The van der Waals surface area contributed by atoms with E-state index in [2.05, 4.69) is 4.90 Å². The summed E-state index contributed by atoms with van der Waals surface area (Å²) in [5.74, 6) is 0.551. The second kappa shape index (κ2) is 8.22. The Bertz CT molecular complexity index is 850. The molecule has 4 rings (SSSR count). The molecule has 0 spiro atoms. The number of carbonyl (C=O) groups excluding carboxylic acids is 1. The number of carbonyl (C=O) groups is 1. The van der Waals surface area contributed by atoms with E-state index in [-0.39, 0.29) is 11.7 Å². The van der Waals surface area contributed by atoms with Crippen molar-refractivity contribution in [3.05, 3.63) is 52.6 Å². The first-order valence-electron chi connectivity index (χ1n) is 9.81. The largest absolute Gasteiger partial charge is 0.378 e. The molecule has 0 saturated carbocycles. The van der Waals surface area contributed by atoms with Gasteiger partial charge in [0.2, 0.25) is 11.9 Å². The zero-order valence-electron chi connectivity index (χ0n) is 16.2. The van der Waals surface area contributed by atoms with E-state index in [9.17, 15) is 9.18 Å². The molecule has 6 nitrogen and oxygen atoms in total. The van der Waals surface area contributed by atoms with Crippen LogP contribution in [0.15, 0.2) is 24.3 Å². The summed E-state index contributed by atoms with van der Waals surface area (Å²) in [5, 5.41) is 0. The average molecular weight is 384 g/mol. The fraction of sp³-hybridized carbons (Fsp3) is 0.476. The summed E-state index contributed by atoms with van der Waals surface area (Å²) >= 11 is 0. The Labute approximate surface area is 164 Å². The first kappa shape index (κ1) is 18.8. The van der Waals surface area contributed by atoms with Gasteiger partial charge in [0, 0.05) is 38.3 Å². The number of amides is 1. The van der Waals surface area contributed by atoms with E-state index in [0.717, 1.165) is 54.4 Å². The molecule has 1 aromatic heterocycles. The third-order valence-corrected chi connectivity index (χ3v) is 5.45. The Morgan fingerprint density at radius 2 is 1.79 bits per heavy atom. The van der Waals surface area contributed by atoms with Crippen molar-refractivity contribution in [2.24, 2.45) is 0 Å². The number of anilines is 1. The first-order chi connectivity index (χ1) is 13.6. The Kier molecular flexibility index (Phi) is 5.52. The van der Waals surface area contributed by atoms with Crippen LogP contribution < -0.4 is 4.90 Å². The maximum atomic E-state index is 13.1. The predicted molar refractivity (Wildman–Crippen MR) is 104 cm³/mol. The van der Waals surface area contributed by atoms with Crippen molar-refractivity contribution < 1.29 is 13.9 Å². The molecule has 0 N–H and O–H groups in total. The highest BCUT2D eigenvalue weighted by Gasteiger charge is 2.23. The van der Waals surface area contributed by atoms with E-state index in [0.29, 0.717) is 32.7 Å². The lowest BCUT2D eigenvalue weighted by atomic mass is 10.1. The predicted octanol–water partition coefficient (Wildman–Crippen LogP) is 1.93. The molecule has 1 amide bonds. The molecule has 3 heterocycles. The number of aromatic nitrogens is 2. The Hall–Kier alpha value is -2.54. The number of hydrogen-bond acceptors (Lipinski definition) is 5. The number of nitrogens with zero attached hydrogens (tertiary/aromatic N) is 4. The highest BCUT2D eigenvalue weighted by molar-refractivity contribution is 5.79.